The standard InChI is InChI=1S/C22H28F3N3O4S/c1-20(2)12-14(13-21(3,4)28-20)10-15-6-9-18(27-26-15)17-8-7-16(11-19(17)31-5)32-33(29,30)22(23,24)25/h6-9,11,14,28H,10,12-13H2,1-5H3. The fraction of sp³-hybridized carbons (Fsp3) is 0.545. The molecule has 182 valence electrons. The van der Waals surface area contributed by atoms with Gasteiger partial charge in [0.2, 0.25) is 0 Å². The number of alkyl halides is 3. The maximum absolute atomic E-state index is 12.6. The molecular weight excluding hydrogens is 459 g/mol. The van der Waals surface area contributed by atoms with E-state index in [0.717, 1.165) is 37.1 Å². The Morgan fingerprint density at radius 1 is 1.06 bits per heavy atom. The van der Waals surface area contributed by atoms with Crippen molar-refractivity contribution in [2.45, 2.75) is 63.5 Å². The smallest absolute Gasteiger partial charge is 0.496 e. The van der Waals surface area contributed by atoms with Gasteiger partial charge in [0, 0.05) is 22.7 Å². The van der Waals surface area contributed by atoms with Crippen molar-refractivity contribution in [3.63, 3.8) is 0 Å². The number of ether oxygens (including phenoxy) is 1. The van der Waals surface area contributed by atoms with Crippen LogP contribution in [0.25, 0.3) is 11.3 Å². The second-order valence-corrected chi connectivity index (χ2v) is 11.2. The second-order valence-electron chi connectivity index (χ2n) is 9.63. The SMILES string of the molecule is COc1cc(OS(=O)(=O)C(F)(F)F)ccc1-c1ccc(CC2CC(C)(C)NC(C)(C)C2)nn1. The van der Waals surface area contributed by atoms with Crippen LogP contribution in [-0.2, 0) is 16.5 Å². The minimum atomic E-state index is -5.78. The van der Waals surface area contributed by atoms with Crippen LogP contribution >= 0.6 is 0 Å². The van der Waals surface area contributed by atoms with Gasteiger partial charge in [-0.3, -0.25) is 0 Å². The summed E-state index contributed by atoms with van der Waals surface area (Å²) < 4.78 is 69.6. The molecule has 2 heterocycles. The van der Waals surface area contributed by atoms with E-state index >= 15 is 0 Å². The maximum atomic E-state index is 12.6. The lowest BCUT2D eigenvalue weighted by molar-refractivity contribution is -0.0500. The summed E-state index contributed by atoms with van der Waals surface area (Å²) >= 11 is 0. The minimum absolute atomic E-state index is 0.0244. The molecule has 0 amide bonds. The Labute approximate surface area is 191 Å². The molecule has 0 bridgehead atoms. The monoisotopic (exact) mass is 487 g/mol. The highest BCUT2D eigenvalue weighted by atomic mass is 32.2. The number of nitrogens with one attached hydrogen (secondary N) is 1. The first kappa shape index (κ1) is 25.2. The summed E-state index contributed by atoms with van der Waals surface area (Å²) in [6.07, 6.45) is 2.80. The van der Waals surface area contributed by atoms with Gasteiger partial charge in [0.25, 0.3) is 0 Å². The molecule has 2 aromatic rings. The Morgan fingerprint density at radius 3 is 2.21 bits per heavy atom. The highest BCUT2D eigenvalue weighted by Crippen LogP contribution is 2.36. The predicted molar refractivity (Wildman–Crippen MR) is 117 cm³/mol. The van der Waals surface area contributed by atoms with Gasteiger partial charge in [-0.25, -0.2) is 0 Å². The number of hydrogen-bond donors (Lipinski definition) is 1. The Kier molecular flexibility index (Phi) is 6.69. The Balaban J connectivity index is 1.78. The van der Waals surface area contributed by atoms with Crippen LogP contribution in [0, 0.1) is 5.92 Å². The first-order chi connectivity index (χ1) is 15.1. The molecule has 0 spiro atoms. The number of benzene rings is 1. The van der Waals surface area contributed by atoms with Crippen molar-refractivity contribution in [1.82, 2.24) is 15.5 Å². The van der Waals surface area contributed by atoms with E-state index in [1.54, 1.807) is 6.07 Å². The fourth-order valence-electron chi connectivity index (χ4n) is 4.70. The number of halogens is 3. The van der Waals surface area contributed by atoms with Crippen molar-refractivity contribution >= 4 is 10.1 Å². The third kappa shape index (κ3) is 6.14. The summed E-state index contributed by atoms with van der Waals surface area (Å²) in [5.41, 5.74) is -3.76. The van der Waals surface area contributed by atoms with Gasteiger partial charge in [-0.15, -0.1) is 0 Å². The lowest BCUT2D eigenvalue weighted by Crippen LogP contribution is -2.58. The highest BCUT2D eigenvalue weighted by molar-refractivity contribution is 7.88. The summed E-state index contributed by atoms with van der Waals surface area (Å²) in [6, 6.07) is 7.16. The van der Waals surface area contributed by atoms with E-state index in [4.69, 9.17) is 4.74 Å². The van der Waals surface area contributed by atoms with Gasteiger partial charge in [-0.05, 0) is 77.1 Å². The largest absolute Gasteiger partial charge is 0.534 e. The van der Waals surface area contributed by atoms with Gasteiger partial charge in [0.1, 0.15) is 11.5 Å². The molecule has 0 saturated carbocycles. The van der Waals surface area contributed by atoms with Gasteiger partial charge >= 0.3 is 15.6 Å². The highest BCUT2D eigenvalue weighted by Gasteiger charge is 2.48. The lowest BCUT2D eigenvalue weighted by Gasteiger charge is -2.46. The van der Waals surface area contributed by atoms with Crippen LogP contribution in [0.4, 0.5) is 13.2 Å². The molecule has 1 fully saturated rings. The van der Waals surface area contributed by atoms with Gasteiger partial charge in [0.05, 0.1) is 18.5 Å². The topological polar surface area (TPSA) is 90.4 Å². The number of methoxy groups -OCH3 is 1. The van der Waals surface area contributed by atoms with Crippen LogP contribution in [0.1, 0.15) is 46.2 Å². The maximum Gasteiger partial charge on any atom is 0.534 e. The molecule has 0 unspecified atom stereocenters. The normalized spacial score (nSPS) is 18.7. The molecule has 7 nitrogen and oxygen atoms in total. The van der Waals surface area contributed by atoms with Crippen molar-refractivity contribution in [3.05, 3.63) is 36.0 Å². The molecule has 0 aliphatic carbocycles. The van der Waals surface area contributed by atoms with E-state index < -0.39 is 21.4 Å². The molecule has 11 heteroatoms. The number of hydrogen-bond acceptors (Lipinski definition) is 7. The van der Waals surface area contributed by atoms with Crippen LogP contribution < -0.4 is 14.2 Å². The zero-order valence-electron chi connectivity index (χ0n) is 19.2. The summed E-state index contributed by atoms with van der Waals surface area (Å²) in [7, 11) is -4.47. The molecule has 1 aromatic carbocycles. The fourth-order valence-corrected chi connectivity index (χ4v) is 5.15. The van der Waals surface area contributed by atoms with Gasteiger partial charge in [-0.2, -0.15) is 31.8 Å². The molecule has 1 aromatic heterocycles. The molecule has 0 atom stereocenters. The summed E-state index contributed by atoms with van der Waals surface area (Å²) in [5, 5.41) is 12.2. The molecule has 1 saturated heterocycles. The molecule has 3 rings (SSSR count). The van der Waals surface area contributed by atoms with Crippen molar-refractivity contribution in [3.8, 4) is 22.8 Å². The van der Waals surface area contributed by atoms with E-state index in [0.29, 0.717) is 17.2 Å². The molecule has 0 radical (unpaired) electrons. The van der Waals surface area contributed by atoms with Crippen molar-refractivity contribution in [2.75, 3.05) is 7.11 Å². The average Bonchev–Trinajstić information content (AvgIpc) is 2.65. The van der Waals surface area contributed by atoms with Crippen LogP contribution in [0.3, 0.4) is 0 Å². The molecule has 1 aliphatic heterocycles. The third-order valence-electron chi connectivity index (χ3n) is 5.43. The minimum Gasteiger partial charge on any atom is -0.496 e. The number of aromatic nitrogens is 2. The zero-order valence-corrected chi connectivity index (χ0v) is 20.0. The quantitative estimate of drug-likeness (QED) is 0.475. The van der Waals surface area contributed by atoms with E-state index in [1.165, 1.54) is 13.2 Å². The number of nitrogens with zero attached hydrogens (tertiary/aromatic N) is 2. The van der Waals surface area contributed by atoms with Gasteiger partial charge in [-0.1, -0.05) is 0 Å². The van der Waals surface area contributed by atoms with Crippen molar-refractivity contribution in [1.29, 1.82) is 0 Å². The van der Waals surface area contributed by atoms with Gasteiger partial charge in [0.15, 0.2) is 0 Å². The molecule has 1 N–H and O–H groups in total. The number of rotatable bonds is 6. The van der Waals surface area contributed by atoms with E-state index in [9.17, 15) is 21.6 Å². The summed E-state index contributed by atoms with van der Waals surface area (Å²) in [6.45, 7) is 8.76. The summed E-state index contributed by atoms with van der Waals surface area (Å²) in [4.78, 5) is 0. The van der Waals surface area contributed by atoms with E-state index in [1.807, 2.05) is 6.07 Å². The van der Waals surface area contributed by atoms with E-state index in [-0.39, 0.29) is 16.8 Å². The van der Waals surface area contributed by atoms with Crippen molar-refractivity contribution in [2.24, 2.45) is 5.92 Å². The van der Waals surface area contributed by atoms with E-state index in [2.05, 4.69) is 47.4 Å². The predicted octanol–water partition coefficient (Wildman–Crippen LogP) is 4.48. The zero-order chi connectivity index (χ0) is 24.7. The second kappa shape index (κ2) is 8.75. The first-order valence-electron chi connectivity index (χ1n) is 10.4. The van der Waals surface area contributed by atoms with Crippen LogP contribution in [0.5, 0.6) is 11.5 Å². The number of piperidine rings is 1. The average molecular weight is 488 g/mol. The summed E-state index contributed by atoms with van der Waals surface area (Å²) in [5.74, 6) is 0.0281. The molecular formula is C22H28F3N3O4S. The lowest BCUT2D eigenvalue weighted by atomic mass is 9.74. The van der Waals surface area contributed by atoms with Crippen molar-refractivity contribution < 1.29 is 30.5 Å². The van der Waals surface area contributed by atoms with Crippen LogP contribution in [-0.4, -0.2) is 42.3 Å². The Morgan fingerprint density at radius 2 is 1.70 bits per heavy atom. The Bertz CT molecular complexity index is 1080. The molecule has 33 heavy (non-hydrogen) atoms. The first-order valence-corrected chi connectivity index (χ1v) is 11.8. The third-order valence-corrected chi connectivity index (χ3v) is 6.41. The van der Waals surface area contributed by atoms with Crippen LogP contribution in [0.15, 0.2) is 30.3 Å². The van der Waals surface area contributed by atoms with Gasteiger partial charge < -0.3 is 14.2 Å². The molecule has 1 aliphatic rings. The van der Waals surface area contributed by atoms with Crippen LogP contribution in [0.2, 0.25) is 0 Å². The Hall–Kier alpha value is -2.40.